The number of likely N-dealkylation sites (tertiary alicyclic amines) is 1. The van der Waals surface area contributed by atoms with Crippen molar-refractivity contribution in [3.63, 3.8) is 0 Å². The van der Waals surface area contributed by atoms with Gasteiger partial charge in [0.05, 0.1) is 12.3 Å². The molecule has 0 spiro atoms. The molecule has 0 aliphatic carbocycles. The minimum Gasteiger partial charge on any atom is -0.468 e. The van der Waals surface area contributed by atoms with Crippen LogP contribution in [0.3, 0.4) is 0 Å². The zero-order valence-corrected chi connectivity index (χ0v) is 14.5. The molecule has 1 aliphatic rings. The van der Waals surface area contributed by atoms with Gasteiger partial charge in [-0.25, -0.2) is 0 Å². The van der Waals surface area contributed by atoms with Crippen LogP contribution in [0.25, 0.3) is 11.0 Å². The first-order valence-electron chi connectivity index (χ1n) is 8.45. The molecule has 25 heavy (non-hydrogen) atoms. The van der Waals surface area contributed by atoms with Crippen LogP contribution in [0.15, 0.2) is 51.5 Å². The van der Waals surface area contributed by atoms with E-state index in [1.165, 1.54) is 12.8 Å². The van der Waals surface area contributed by atoms with Crippen molar-refractivity contribution in [3.05, 3.63) is 59.2 Å². The maximum Gasteiger partial charge on any atom is 0.287 e. The van der Waals surface area contributed by atoms with Gasteiger partial charge in [0, 0.05) is 17.0 Å². The summed E-state index contributed by atoms with van der Waals surface area (Å²) in [5.41, 5.74) is 0.650. The summed E-state index contributed by atoms with van der Waals surface area (Å²) in [6.45, 7) is 2.51. The van der Waals surface area contributed by atoms with Gasteiger partial charge in [0.2, 0.25) is 0 Å². The van der Waals surface area contributed by atoms with E-state index < -0.39 is 0 Å². The van der Waals surface area contributed by atoms with Gasteiger partial charge in [-0.1, -0.05) is 11.6 Å². The number of nitrogens with zero attached hydrogens (tertiary/aromatic N) is 1. The summed E-state index contributed by atoms with van der Waals surface area (Å²) < 4.78 is 11.2. The Labute approximate surface area is 150 Å². The number of benzene rings is 1. The summed E-state index contributed by atoms with van der Waals surface area (Å²) >= 11 is 5.98. The van der Waals surface area contributed by atoms with Crippen molar-refractivity contribution in [1.29, 1.82) is 0 Å². The lowest BCUT2D eigenvalue weighted by molar-refractivity contribution is 0.0908. The fraction of sp³-hybridized carbons (Fsp3) is 0.316. The van der Waals surface area contributed by atoms with Crippen LogP contribution in [-0.4, -0.2) is 30.4 Å². The lowest BCUT2D eigenvalue weighted by atomic mass is 10.2. The zero-order valence-electron chi connectivity index (χ0n) is 13.7. The standard InChI is InChI=1S/C19H19ClN2O3/c20-14-5-6-16-13(10-14)11-18(25-16)19(23)21-12-15(17-4-3-9-24-17)22-7-1-2-8-22/h3-6,9-11,15H,1-2,7-8,12H2,(H,21,23)/t15-/m0/s1. The molecule has 1 N–H and O–H groups in total. The predicted octanol–water partition coefficient (Wildman–Crippen LogP) is 4.25. The van der Waals surface area contributed by atoms with Gasteiger partial charge >= 0.3 is 0 Å². The Bertz CT molecular complexity index is 866. The second kappa shape index (κ2) is 6.94. The van der Waals surface area contributed by atoms with E-state index in [9.17, 15) is 4.79 Å². The molecule has 1 atom stereocenters. The number of halogens is 1. The third-order valence-corrected chi connectivity index (χ3v) is 4.85. The van der Waals surface area contributed by atoms with E-state index in [1.54, 1.807) is 30.5 Å². The molecule has 1 aromatic carbocycles. The molecule has 130 valence electrons. The first-order valence-corrected chi connectivity index (χ1v) is 8.83. The van der Waals surface area contributed by atoms with Gasteiger partial charge in [-0.15, -0.1) is 0 Å². The molecule has 1 aliphatic heterocycles. The van der Waals surface area contributed by atoms with Crippen molar-refractivity contribution in [2.45, 2.75) is 18.9 Å². The van der Waals surface area contributed by atoms with Gasteiger partial charge in [-0.3, -0.25) is 9.69 Å². The van der Waals surface area contributed by atoms with Crippen molar-refractivity contribution in [2.75, 3.05) is 19.6 Å². The van der Waals surface area contributed by atoms with Gasteiger partial charge < -0.3 is 14.2 Å². The molecule has 5 nitrogen and oxygen atoms in total. The lowest BCUT2D eigenvalue weighted by Crippen LogP contribution is -2.36. The molecule has 2 aromatic heterocycles. The van der Waals surface area contributed by atoms with Crippen LogP contribution in [0.5, 0.6) is 0 Å². The van der Waals surface area contributed by atoms with E-state index in [0.717, 1.165) is 24.2 Å². The van der Waals surface area contributed by atoms with Crippen LogP contribution in [0.2, 0.25) is 5.02 Å². The molecule has 3 aromatic rings. The number of fused-ring (bicyclic) bond motifs is 1. The molecule has 0 bridgehead atoms. The largest absolute Gasteiger partial charge is 0.468 e. The van der Waals surface area contributed by atoms with E-state index >= 15 is 0 Å². The van der Waals surface area contributed by atoms with E-state index in [4.69, 9.17) is 20.4 Å². The number of furan rings is 2. The minimum atomic E-state index is -0.233. The summed E-state index contributed by atoms with van der Waals surface area (Å²) in [5, 5.41) is 4.41. The van der Waals surface area contributed by atoms with Crippen molar-refractivity contribution in [1.82, 2.24) is 10.2 Å². The Morgan fingerprint density at radius 3 is 2.84 bits per heavy atom. The highest BCUT2D eigenvalue weighted by Gasteiger charge is 2.26. The number of nitrogens with one attached hydrogen (secondary N) is 1. The molecule has 3 heterocycles. The Hall–Kier alpha value is -2.24. The number of rotatable bonds is 5. The first kappa shape index (κ1) is 16.2. The summed E-state index contributed by atoms with van der Waals surface area (Å²) in [6.07, 6.45) is 4.02. The maximum atomic E-state index is 12.5. The molecule has 6 heteroatoms. The monoisotopic (exact) mass is 358 g/mol. The minimum absolute atomic E-state index is 0.0419. The van der Waals surface area contributed by atoms with Crippen molar-refractivity contribution >= 4 is 28.5 Å². The second-order valence-corrected chi connectivity index (χ2v) is 6.71. The Balaban J connectivity index is 1.48. The first-order chi connectivity index (χ1) is 12.2. The molecule has 0 unspecified atom stereocenters. The summed E-state index contributed by atoms with van der Waals surface area (Å²) in [7, 11) is 0. The van der Waals surface area contributed by atoms with E-state index in [1.807, 2.05) is 12.1 Å². The van der Waals surface area contributed by atoms with Crippen molar-refractivity contribution < 1.29 is 13.6 Å². The van der Waals surface area contributed by atoms with Gasteiger partial charge in [0.1, 0.15) is 11.3 Å². The topological polar surface area (TPSA) is 58.6 Å². The number of hydrogen-bond donors (Lipinski definition) is 1. The molecule has 1 amide bonds. The average Bonchev–Trinajstić information content (AvgIpc) is 3.36. The van der Waals surface area contributed by atoms with E-state index in [0.29, 0.717) is 17.2 Å². The molecular weight excluding hydrogens is 340 g/mol. The maximum absolute atomic E-state index is 12.5. The Morgan fingerprint density at radius 2 is 2.08 bits per heavy atom. The molecular formula is C19H19ClN2O3. The second-order valence-electron chi connectivity index (χ2n) is 6.28. The van der Waals surface area contributed by atoms with E-state index in [2.05, 4.69) is 10.2 Å². The highest BCUT2D eigenvalue weighted by atomic mass is 35.5. The summed E-state index contributed by atoms with van der Waals surface area (Å²) in [6, 6.07) is 10.9. The number of amides is 1. The van der Waals surface area contributed by atoms with Gasteiger partial charge in [-0.2, -0.15) is 0 Å². The quantitative estimate of drug-likeness (QED) is 0.740. The van der Waals surface area contributed by atoms with Gasteiger partial charge in [-0.05, 0) is 62.3 Å². The van der Waals surface area contributed by atoms with Crippen LogP contribution in [0, 0.1) is 0 Å². The third kappa shape index (κ3) is 3.43. The fourth-order valence-corrected chi connectivity index (χ4v) is 3.53. The van der Waals surface area contributed by atoms with Crippen LogP contribution in [0.4, 0.5) is 0 Å². The molecule has 4 rings (SSSR count). The van der Waals surface area contributed by atoms with Crippen LogP contribution in [-0.2, 0) is 0 Å². The van der Waals surface area contributed by atoms with Crippen molar-refractivity contribution in [3.8, 4) is 0 Å². The summed E-state index contributed by atoms with van der Waals surface area (Å²) in [5.74, 6) is 0.929. The predicted molar refractivity (Wildman–Crippen MR) is 95.8 cm³/mol. The van der Waals surface area contributed by atoms with Crippen LogP contribution >= 0.6 is 11.6 Å². The summed E-state index contributed by atoms with van der Waals surface area (Å²) in [4.78, 5) is 14.8. The lowest BCUT2D eigenvalue weighted by Gasteiger charge is -2.25. The number of carbonyl (C=O) groups excluding carboxylic acids is 1. The Kier molecular flexibility index (Phi) is 4.51. The highest BCUT2D eigenvalue weighted by molar-refractivity contribution is 6.31. The molecule has 1 fully saturated rings. The molecule has 0 radical (unpaired) electrons. The highest BCUT2D eigenvalue weighted by Crippen LogP contribution is 2.26. The third-order valence-electron chi connectivity index (χ3n) is 4.61. The fourth-order valence-electron chi connectivity index (χ4n) is 3.35. The van der Waals surface area contributed by atoms with Gasteiger partial charge in [0.15, 0.2) is 5.76 Å². The molecule has 1 saturated heterocycles. The number of hydrogen-bond acceptors (Lipinski definition) is 4. The van der Waals surface area contributed by atoms with E-state index in [-0.39, 0.29) is 17.7 Å². The van der Waals surface area contributed by atoms with Crippen LogP contribution < -0.4 is 5.32 Å². The number of carbonyl (C=O) groups is 1. The Morgan fingerprint density at radius 1 is 1.24 bits per heavy atom. The zero-order chi connectivity index (χ0) is 17.2. The van der Waals surface area contributed by atoms with Crippen LogP contribution in [0.1, 0.15) is 35.2 Å². The normalized spacial score (nSPS) is 16.4. The smallest absolute Gasteiger partial charge is 0.287 e. The van der Waals surface area contributed by atoms with Crippen molar-refractivity contribution in [2.24, 2.45) is 0 Å². The SMILES string of the molecule is O=C(NC[C@@H](c1ccco1)N1CCCC1)c1cc2cc(Cl)ccc2o1. The molecule has 0 saturated carbocycles. The van der Waals surface area contributed by atoms with Gasteiger partial charge in [0.25, 0.3) is 5.91 Å². The average molecular weight is 359 g/mol.